The average molecular weight is 235 g/mol. The number of hydrogen-bond donors (Lipinski definition) is 2. The molecule has 0 spiro atoms. The number of aromatic carboxylic acids is 1. The smallest absolute Gasteiger partial charge is 0.337 e. The lowest BCUT2D eigenvalue weighted by molar-refractivity contribution is 0.0696. The number of aromatic amines is 1. The van der Waals surface area contributed by atoms with Gasteiger partial charge in [-0.05, 0) is 12.0 Å². The maximum atomic E-state index is 11.7. The van der Waals surface area contributed by atoms with Crippen molar-refractivity contribution in [1.29, 1.82) is 0 Å². The van der Waals surface area contributed by atoms with Crippen LogP contribution in [0.5, 0.6) is 0 Å². The number of H-pyrrole nitrogens is 1. The second-order valence-electron chi connectivity index (χ2n) is 4.33. The van der Waals surface area contributed by atoms with E-state index < -0.39 is 5.97 Å². The van der Waals surface area contributed by atoms with Crippen LogP contribution in [0.1, 0.15) is 24.2 Å². The summed E-state index contributed by atoms with van der Waals surface area (Å²) in [4.78, 5) is 29.1. The molecule has 2 aromatic rings. The first-order valence-electron chi connectivity index (χ1n) is 5.31. The zero-order valence-corrected chi connectivity index (χ0v) is 9.60. The van der Waals surface area contributed by atoms with Crippen LogP contribution >= 0.6 is 0 Å². The number of fused-ring (bicyclic) bond motifs is 1. The Labute approximate surface area is 96.9 Å². The molecule has 2 rings (SSSR count). The van der Waals surface area contributed by atoms with Crippen molar-refractivity contribution < 1.29 is 9.90 Å². The van der Waals surface area contributed by atoms with Gasteiger partial charge in [0, 0.05) is 12.7 Å². The van der Waals surface area contributed by atoms with Gasteiger partial charge in [-0.25, -0.2) is 14.6 Å². The van der Waals surface area contributed by atoms with Crippen LogP contribution in [0.2, 0.25) is 0 Å². The van der Waals surface area contributed by atoms with E-state index in [2.05, 4.69) is 9.97 Å². The minimum absolute atomic E-state index is 0.0652. The van der Waals surface area contributed by atoms with Gasteiger partial charge in [-0.3, -0.25) is 4.57 Å². The van der Waals surface area contributed by atoms with E-state index in [-0.39, 0.29) is 11.3 Å². The van der Waals surface area contributed by atoms with Crippen LogP contribution in [-0.2, 0) is 6.54 Å². The van der Waals surface area contributed by atoms with Crippen molar-refractivity contribution in [2.24, 2.45) is 5.92 Å². The maximum absolute atomic E-state index is 11.7. The number of nitrogens with one attached hydrogen (secondary N) is 1. The third-order valence-electron chi connectivity index (χ3n) is 2.40. The fourth-order valence-electron chi connectivity index (χ4n) is 1.69. The summed E-state index contributed by atoms with van der Waals surface area (Å²) in [5.41, 5.74) is 0.753. The highest BCUT2D eigenvalue weighted by Crippen LogP contribution is 2.11. The van der Waals surface area contributed by atoms with Crippen molar-refractivity contribution in [2.45, 2.75) is 20.4 Å². The summed E-state index contributed by atoms with van der Waals surface area (Å²) in [5.74, 6) is -0.746. The van der Waals surface area contributed by atoms with Crippen molar-refractivity contribution in [3.63, 3.8) is 0 Å². The van der Waals surface area contributed by atoms with E-state index in [1.165, 1.54) is 16.8 Å². The number of nitrogens with zero attached hydrogens (tertiary/aromatic N) is 2. The summed E-state index contributed by atoms with van der Waals surface area (Å²) < 4.78 is 1.52. The van der Waals surface area contributed by atoms with Crippen molar-refractivity contribution in [3.8, 4) is 0 Å². The number of aromatic nitrogens is 3. The van der Waals surface area contributed by atoms with Crippen LogP contribution in [-0.4, -0.2) is 25.6 Å². The van der Waals surface area contributed by atoms with Crippen LogP contribution in [0.3, 0.4) is 0 Å². The van der Waals surface area contributed by atoms with Crippen LogP contribution in [0.4, 0.5) is 0 Å². The molecule has 2 N–H and O–H groups in total. The summed E-state index contributed by atoms with van der Waals surface area (Å²) in [5, 5.41) is 8.83. The van der Waals surface area contributed by atoms with Crippen molar-refractivity contribution in [1.82, 2.24) is 14.5 Å². The number of imidazole rings is 1. The SMILES string of the molecule is CC(C)Cn1c(=O)[nH]c2cc(C(=O)O)cnc21. The molecule has 0 unspecified atom stereocenters. The predicted molar refractivity (Wildman–Crippen MR) is 62.2 cm³/mol. The average Bonchev–Trinajstić information content (AvgIpc) is 2.54. The third kappa shape index (κ3) is 2.06. The first-order chi connectivity index (χ1) is 7.99. The van der Waals surface area contributed by atoms with Crippen molar-refractivity contribution in [3.05, 3.63) is 28.3 Å². The van der Waals surface area contributed by atoms with Gasteiger partial charge in [-0.2, -0.15) is 0 Å². The number of rotatable bonds is 3. The Bertz CT molecular complexity index is 624. The van der Waals surface area contributed by atoms with Crippen molar-refractivity contribution >= 4 is 17.1 Å². The zero-order valence-electron chi connectivity index (χ0n) is 9.60. The molecule has 0 amide bonds. The Kier molecular flexibility index (Phi) is 2.71. The maximum Gasteiger partial charge on any atom is 0.337 e. The number of carboxylic acid groups (broad SMARTS) is 1. The van der Waals surface area contributed by atoms with Gasteiger partial charge in [0.15, 0.2) is 5.65 Å². The molecular formula is C11H13N3O3. The summed E-state index contributed by atoms with van der Waals surface area (Å²) >= 11 is 0. The van der Waals surface area contributed by atoms with Gasteiger partial charge in [0.2, 0.25) is 0 Å². The Balaban J connectivity index is 2.60. The van der Waals surface area contributed by atoms with Gasteiger partial charge >= 0.3 is 11.7 Å². The first-order valence-corrected chi connectivity index (χ1v) is 5.31. The van der Waals surface area contributed by atoms with E-state index in [4.69, 9.17) is 5.11 Å². The molecule has 6 heteroatoms. The van der Waals surface area contributed by atoms with Crippen LogP contribution in [0, 0.1) is 5.92 Å². The molecule has 90 valence electrons. The van der Waals surface area contributed by atoms with E-state index >= 15 is 0 Å². The largest absolute Gasteiger partial charge is 0.478 e. The lowest BCUT2D eigenvalue weighted by Crippen LogP contribution is -2.19. The molecule has 0 radical (unpaired) electrons. The molecule has 0 aromatic carbocycles. The highest BCUT2D eigenvalue weighted by Gasteiger charge is 2.12. The summed E-state index contributed by atoms with van der Waals surface area (Å²) in [7, 11) is 0. The van der Waals surface area contributed by atoms with E-state index in [1.54, 1.807) is 0 Å². The Morgan fingerprint density at radius 2 is 2.29 bits per heavy atom. The molecule has 0 aliphatic heterocycles. The van der Waals surface area contributed by atoms with E-state index in [1.807, 2.05) is 13.8 Å². The van der Waals surface area contributed by atoms with Gasteiger partial charge in [0.1, 0.15) is 0 Å². The minimum atomic E-state index is -1.06. The molecule has 17 heavy (non-hydrogen) atoms. The molecule has 2 heterocycles. The standard InChI is InChI=1S/C11H13N3O3/c1-6(2)5-14-9-8(13-11(14)17)3-7(4-12-9)10(15)16/h3-4,6H,5H2,1-2H3,(H,13,17)(H,15,16). The van der Waals surface area contributed by atoms with Gasteiger partial charge in [-0.15, -0.1) is 0 Å². The van der Waals surface area contributed by atoms with Gasteiger partial charge in [0.25, 0.3) is 0 Å². The number of carbonyl (C=O) groups is 1. The molecule has 6 nitrogen and oxygen atoms in total. The molecule has 0 fully saturated rings. The van der Waals surface area contributed by atoms with Gasteiger partial charge in [-0.1, -0.05) is 13.8 Å². The summed E-state index contributed by atoms with van der Waals surface area (Å²) in [6, 6.07) is 1.42. The molecule has 0 bridgehead atoms. The lowest BCUT2D eigenvalue weighted by Gasteiger charge is -2.05. The Morgan fingerprint density at radius 3 is 2.88 bits per heavy atom. The topological polar surface area (TPSA) is 88.0 Å². The molecular weight excluding hydrogens is 222 g/mol. The van der Waals surface area contributed by atoms with Gasteiger partial charge in [0.05, 0.1) is 11.1 Å². The molecule has 0 saturated heterocycles. The Morgan fingerprint density at radius 1 is 1.59 bits per heavy atom. The predicted octanol–water partition coefficient (Wildman–Crippen LogP) is 1.08. The molecule has 2 aromatic heterocycles. The third-order valence-corrected chi connectivity index (χ3v) is 2.40. The molecule has 0 aliphatic rings. The number of pyridine rings is 1. The number of hydrogen-bond acceptors (Lipinski definition) is 3. The fraction of sp³-hybridized carbons (Fsp3) is 0.364. The lowest BCUT2D eigenvalue weighted by atomic mass is 10.2. The Hall–Kier alpha value is -2.11. The number of carboxylic acids is 1. The monoisotopic (exact) mass is 235 g/mol. The molecule has 0 saturated carbocycles. The van der Waals surface area contributed by atoms with Crippen LogP contribution in [0.25, 0.3) is 11.2 Å². The minimum Gasteiger partial charge on any atom is -0.478 e. The highest BCUT2D eigenvalue weighted by atomic mass is 16.4. The highest BCUT2D eigenvalue weighted by molar-refractivity contribution is 5.90. The first kappa shape index (κ1) is 11.4. The van der Waals surface area contributed by atoms with Gasteiger partial charge < -0.3 is 10.1 Å². The van der Waals surface area contributed by atoms with E-state index in [0.717, 1.165) is 0 Å². The van der Waals surface area contributed by atoms with Crippen molar-refractivity contribution in [2.75, 3.05) is 0 Å². The van der Waals surface area contributed by atoms with E-state index in [9.17, 15) is 9.59 Å². The normalized spacial score (nSPS) is 11.2. The molecule has 0 atom stereocenters. The fourth-order valence-corrected chi connectivity index (χ4v) is 1.69. The van der Waals surface area contributed by atoms with Crippen LogP contribution < -0.4 is 5.69 Å². The molecule has 0 aliphatic carbocycles. The quantitative estimate of drug-likeness (QED) is 0.833. The summed E-state index contributed by atoms with van der Waals surface area (Å²) in [6.45, 7) is 4.55. The second-order valence-corrected chi connectivity index (χ2v) is 4.33. The second kappa shape index (κ2) is 4.04. The van der Waals surface area contributed by atoms with E-state index in [0.29, 0.717) is 23.6 Å². The summed E-state index contributed by atoms with van der Waals surface area (Å²) in [6.07, 6.45) is 1.26. The van der Waals surface area contributed by atoms with Crippen LogP contribution in [0.15, 0.2) is 17.1 Å². The zero-order chi connectivity index (χ0) is 12.6.